The van der Waals surface area contributed by atoms with E-state index in [1.807, 2.05) is 6.08 Å². The molecule has 2 amide bonds. The zero-order chi connectivity index (χ0) is 14.0. The molecule has 0 radical (unpaired) electrons. The SMILES string of the molecule is C[C@H](N)C(=O)NC1=C2C=CCCC2CCN(C)C1=O.Cl. The molecule has 0 aromatic rings. The van der Waals surface area contributed by atoms with E-state index in [0.717, 1.165) is 31.4 Å². The Bertz CT molecular complexity index is 457. The molecule has 1 aliphatic carbocycles. The van der Waals surface area contributed by atoms with Gasteiger partial charge in [0.15, 0.2) is 0 Å². The van der Waals surface area contributed by atoms with Crippen LogP contribution >= 0.6 is 12.4 Å². The zero-order valence-corrected chi connectivity index (χ0v) is 12.7. The summed E-state index contributed by atoms with van der Waals surface area (Å²) in [5.41, 5.74) is 6.92. The fourth-order valence-electron chi connectivity index (χ4n) is 2.51. The van der Waals surface area contributed by atoms with Crippen LogP contribution in [0.1, 0.15) is 26.2 Å². The fourth-order valence-corrected chi connectivity index (χ4v) is 2.51. The van der Waals surface area contributed by atoms with Gasteiger partial charge in [-0.15, -0.1) is 12.4 Å². The molecule has 1 unspecified atom stereocenters. The second kappa shape index (κ2) is 6.90. The van der Waals surface area contributed by atoms with Crippen molar-refractivity contribution in [2.24, 2.45) is 11.7 Å². The van der Waals surface area contributed by atoms with Crippen molar-refractivity contribution in [3.05, 3.63) is 23.4 Å². The highest BCUT2D eigenvalue weighted by atomic mass is 35.5. The number of hydrogen-bond donors (Lipinski definition) is 2. The van der Waals surface area contributed by atoms with Gasteiger partial charge in [0, 0.05) is 13.6 Å². The third kappa shape index (κ3) is 3.41. The highest BCUT2D eigenvalue weighted by molar-refractivity contribution is 5.99. The van der Waals surface area contributed by atoms with E-state index in [1.54, 1.807) is 18.9 Å². The number of halogens is 1. The molecule has 0 bridgehead atoms. The maximum Gasteiger partial charge on any atom is 0.270 e. The number of nitrogens with two attached hydrogens (primary N) is 1. The van der Waals surface area contributed by atoms with Crippen molar-refractivity contribution in [2.75, 3.05) is 13.6 Å². The molecule has 2 rings (SSSR count). The number of rotatable bonds is 2. The first-order valence-corrected chi connectivity index (χ1v) is 6.73. The van der Waals surface area contributed by atoms with Crippen LogP contribution in [0.5, 0.6) is 0 Å². The maximum atomic E-state index is 12.3. The summed E-state index contributed by atoms with van der Waals surface area (Å²) in [7, 11) is 1.77. The fraction of sp³-hybridized carbons (Fsp3) is 0.571. The Morgan fingerprint density at radius 3 is 2.85 bits per heavy atom. The van der Waals surface area contributed by atoms with E-state index < -0.39 is 6.04 Å². The molecule has 20 heavy (non-hydrogen) atoms. The normalized spacial score (nSPS) is 23.6. The Kier molecular flexibility index (Phi) is 5.77. The van der Waals surface area contributed by atoms with Crippen molar-refractivity contribution < 1.29 is 9.59 Å². The number of fused-ring (bicyclic) bond motifs is 1. The molecule has 6 heteroatoms. The summed E-state index contributed by atoms with van der Waals surface area (Å²) in [5, 5.41) is 2.71. The van der Waals surface area contributed by atoms with Gasteiger partial charge in [-0.25, -0.2) is 0 Å². The predicted molar refractivity (Wildman–Crippen MR) is 80.2 cm³/mol. The van der Waals surface area contributed by atoms with Crippen LogP contribution in [0.4, 0.5) is 0 Å². The lowest BCUT2D eigenvalue weighted by Crippen LogP contribution is -2.42. The van der Waals surface area contributed by atoms with E-state index in [4.69, 9.17) is 5.73 Å². The highest BCUT2D eigenvalue weighted by Gasteiger charge is 2.30. The number of allylic oxidation sites excluding steroid dienone is 3. The summed E-state index contributed by atoms with van der Waals surface area (Å²) in [4.78, 5) is 25.8. The molecule has 3 N–H and O–H groups in total. The molecule has 0 aromatic carbocycles. The summed E-state index contributed by atoms with van der Waals surface area (Å²) in [6, 6.07) is -0.625. The topological polar surface area (TPSA) is 75.4 Å². The van der Waals surface area contributed by atoms with Crippen molar-refractivity contribution in [1.29, 1.82) is 0 Å². The molecular weight excluding hydrogens is 278 g/mol. The van der Waals surface area contributed by atoms with Gasteiger partial charge in [0.05, 0.1) is 6.04 Å². The van der Waals surface area contributed by atoms with Gasteiger partial charge in [-0.1, -0.05) is 12.2 Å². The molecule has 0 saturated heterocycles. The minimum atomic E-state index is -0.625. The van der Waals surface area contributed by atoms with Gasteiger partial charge in [0.2, 0.25) is 5.91 Å². The van der Waals surface area contributed by atoms with Crippen molar-refractivity contribution in [1.82, 2.24) is 10.2 Å². The Balaban J connectivity index is 0.00000200. The first kappa shape index (κ1) is 16.7. The third-order valence-electron chi connectivity index (χ3n) is 3.74. The second-order valence-electron chi connectivity index (χ2n) is 5.30. The lowest BCUT2D eigenvalue weighted by Gasteiger charge is -2.21. The van der Waals surface area contributed by atoms with E-state index in [0.29, 0.717) is 11.6 Å². The van der Waals surface area contributed by atoms with E-state index in [-0.39, 0.29) is 24.2 Å². The van der Waals surface area contributed by atoms with Crippen molar-refractivity contribution in [3.8, 4) is 0 Å². The molecule has 0 saturated carbocycles. The molecule has 2 atom stereocenters. The van der Waals surface area contributed by atoms with Crippen LogP contribution in [0.3, 0.4) is 0 Å². The third-order valence-corrected chi connectivity index (χ3v) is 3.74. The number of carbonyl (C=O) groups excluding carboxylic acids is 2. The summed E-state index contributed by atoms with van der Waals surface area (Å²) >= 11 is 0. The van der Waals surface area contributed by atoms with Crippen LogP contribution in [0.25, 0.3) is 0 Å². The minimum Gasteiger partial charge on any atom is -0.340 e. The minimum absolute atomic E-state index is 0. The molecule has 5 nitrogen and oxygen atoms in total. The van der Waals surface area contributed by atoms with Gasteiger partial charge >= 0.3 is 0 Å². The van der Waals surface area contributed by atoms with Gasteiger partial charge in [0.1, 0.15) is 5.70 Å². The number of amides is 2. The van der Waals surface area contributed by atoms with E-state index >= 15 is 0 Å². The van der Waals surface area contributed by atoms with Crippen molar-refractivity contribution in [2.45, 2.75) is 32.2 Å². The second-order valence-corrected chi connectivity index (χ2v) is 5.30. The number of hydrogen-bond acceptors (Lipinski definition) is 3. The Morgan fingerprint density at radius 1 is 1.50 bits per heavy atom. The van der Waals surface area contributed by atoms with Crippen LogP contribution in [0.2, 0.25) is 0 Å². The average Bonchev–Trinajstić information content (AvgIpc) is 2.51. The first-order chi connectivity index (χ1) is 9.00. The van der Waals surface area contributed by atoms with E-state index in [9.17, 15) is 9.59 Å². The quantitative estimate of drug-likeness (QED) is 0.797. The van der Waals surface area contributed by atoms with Crippen LogP contribution in [0.15, 0.2) is 23.4 Å². The highest BCUT2D eigenvalue weighted by Crippen LogP contribution is 2.31. The Hall–Kier alpha value is -1.33. The summed E-state index contributed by atoms with van der Waals surface area (Å²) < 4.78 is 0. The van der Waals surface area contributed by atoms with Crippen LogP contribution in [-0.4, -0.2) is 36.3 Å². The number of nitrogens with one attached hydrogen (secondary N) is 1. The number of likely N-dealkylation sites (N-methyl/N-ethyl adjacent to an activating group) is 1. The maximum absolute atomic E-state index is 12.3. The van der Waals surface area contributed by atoms with Gasteiger partial charge < -0.3 is 16.0 Å². The number of nitrogens with zero attached hydrogens (tertiary/aromatic N) is 1. The molecule has 1 aliphatic heterocycles. The first-order valence-electron chi connectivity index (χ1n) is 6.73. The largest absolute Gasteiger partial charge is 0.340 e. The molecule has 112 valence electrons. The molecule has 0 aromatic heterocycles. The van der Waals surface area contributed by atoms with E-state index in [1.165, 1.54) is 0 Å². The molecule has 1 heterocycles. The van der Waals surface area contributed by atoms with Gasteiger partial charge in [-0.2, -0.15) is 0 Å². The Labute approximate surface area is 125 Å². The lowest BCUT2D eigenvalue weighted by molar-refractivity contribution is -0.128. The van der Waals surface area contributed by atoms with Crippen LogP contribution in [-0.2, 0) is 9.59 Å². The van der Waals surface area contributed by atoms with Crippen molar-refractivity contribution >= 4 is 24.2 Å². The van der Waals surface area contributed by atoms with E-state index in [2.05, 4.69) is 11.4 Å². The van der Waals surface area contributed by atoms with Gasteiger partial charge in [0.25, 0.3) is 5.91 Å². The summed E-state index contributed by atoms with van der Waals surface area (Å²) in [6.45, 7) is 2.33. The molecule has 2 aliphatic rings. The summed E-state index contributed by atoms with van der Waals surface area (Å²) in [6.07, 6.45) is 7.04. The lowest BCUT2D eigenvalue weighted by atomic mass is 9.86. The van der Waals surface area contributed by atoms with Crippen LogP contribution < -0.4 is 11.1 Å². The zero-order valence-electron chi connectivity index (χ0n) is 11.9. The average molecular weight is 300 g/mol. The molecule has 0 spiro atoms. The van der Waals surface area contributed by atoms with Gasteiger partial charge in [-0.3, -0.25) is 9.59 Å². The van der Waals surface area contributed by atoms with Crippen molar-refractivity contribution in [3.63, 3.8) is 0 Å². The standard InChI is InChI=1S/C14H21N3O2.ClH/c1-9(15)13(18)16-12-11-6-4-3-5-10(11)7-8-17(2)14(12)19;/h4,6,9-10H,3,5,7-8,15H2,1-2H3,(H,16,18);1H/t9-,10?;/m0./s1. The Morgan fingerprint density at radius 2 is 2.20 bits per heavy atom. The predicted octanol–water partition coefficient (Wildman–Crippen LogP) is 0.954. The van der Waals surface area contributed by atoms with Crippen LogP contribution in [0, 0.1) is 5.92 Å². The number of carbonyl (C=O) groups is 2. The molecular formula is C14H22ClN3O2. The molecule has 0 fully saturated rings. The monoisotopic (exact) mass is 299 g/mol. The smallest absolute Gasteiger partial charge is 0.270 e. The van der Waals surface area contributed by atoms with Gasteiger partial charge in [-0.05, 0) is 37.7 Å². The summed E-state index contributed by atoms with van der Waals surface area (Å²) in [5.74, 6) is -0.0933.